The van der Waals surface area contributed by atoms with E-state index < -0.39 is 10.0 Å². The number of nitrogens with one attached hydrogen (secondary N) is 2. The van der Waals surface area contributed by atoms with Gasteiger partial charge in [0.05, 0.1) is 23.0 Å². The molecular weight excluding hydrogens is 500 g/mol. The normalized spacial score (nSPS) is 16.5. The van der Waals surface area contributed by atoms with Crippen LogP contribution in [0.5, 0.6) is 0 Å². The standard InChI is InChI=1S/C27H30N8O2S/c28-20-8-13-24(29-17-20)32-25-16-26(35-27(33-25)23(18-30-35)19-6-2-1-3-7-19)31-21-9-11-22(12-10-21)38(36,37)34-14-4-5-15-34/h6,8-13,16-18,31H,1-5,7,14-15,28H2,(H,29,32,33). The monoisotopic (exact) mass is 530 g/mol. The van der Waals surface area contributed by atoms with Crippen LogP contribution in [0.4, 0.5) is 28.8 Å². The van der Waals surface area contributed by atoms with Crippen molar-refractivity contribution < 1.29 is 8.42 Å². The largest absolute Gasteiger partial charge is 0.397 e. The molecule has 4 N–H and O–H groups in total. The number of benzene rings is 1. The zero-order valence-electron chi connectivity index (χ0n) is 21.0. The smallest absolute Gasteiger partial charge is 0.243 e. The van der Waals surface area contributed by atoms with Gasteiger partial charge in [-0.2, -0.15) is 13.9 Å². The molecule has 2 aliphatic rings. The number of nitrogen functional groups attached to an aromatic ring is 1. The number of fused-ring (bicyclic) bond motifs is 1. The van der Waals surface area contributed by atoms with Crippen LogP contribution in [-0.2, 0) is 10.0 Å². The minimum atomic E-state index is -3.47. The molecule has 1 saturated heterocycles. The molecule has 1 aromatic carbocycles. The molecule has 1 aliphatic carbocycles. The van der Waals surface area contributed by atoms with E-state index in [1.54, 1.807) is 51.4 Å². The van der Waals surface area contributed by atoms with Crippen molar-refractivity contribution in [3.63, 3.8) is 0 Å². The molecule has 0 saturated carbocycles. The van der Waals surface area contributed by atoms with Crippen molar-refractivity contribution in [2.24, 2.45) is 0 Å². The molecule has 0 spiro atoms. The maximum absolute atomic E-state index is 12.9. The first-order chi connectivity index (χ1) is 18.5. The predicted molar refractivity (Wildman–Crippen MR) is 149 cm³/mol. The Morgan fingerprint density at radius 2 is 1.71 bits per heavy atom. The summed E-state index contributed by atoms with van der Waals surface area (Å²) in [5, 5.41) is 11.3. The van der Waals surface area contributed by atoms with E-state index >= 15 is 0 Å². The molecule has 1 fully saturated rings. The van der Waals surface area contributed by atoms with Gasteiger partial charge in [-0.15, -0.1) is 0 Å². The highest BCUT2D eigenvalue weighted by Crippen LogP contribution is 2.32. The van der Waals surface area contributed by atoms with Crippen LogP contribution in [0.1, 0.15) is 44.1 Å². The van der Waals surface area contributed by atoms with Crippen LogP contribution >= 0.6 is 0 Å². The third kappa shape index (κ3) is 4.82. The Labute approximate surface area is 221 Å². The van der Waals surface area contributed by atoms with Gasteiger partial charge in [0.25, 0.3) is 0 Å². The Kier molecular flexibility index (Phi) is 6.46. The third-order valence-corrected chi connectivity index (χ3v) is 8.89. The summed E-state index contributed by atoms with van der Waals surface area (Å²) >= 11 is 0. The van der Waals surface area contributed by atoms with Gasteiger partial charge in [-0.05, 0) is 80.5 Å². The molecule has 11 heteroatoms. The zero-order valence-corrected chi connectivity index (χ0v) is 21.8. The number of allylic oxidation sites excluding steroid dienone is 2. The van der Waals surface area contributed by atoms with Gasteiger partial charge in [-0.3, -0.25) is 0 Å². The molecule has 4 heterocycles. The summed E-state index contributed by atoms with van der Waals surface area (Å²) in [4.78, 5) is 9.51. The number of anilines is 5. The number of rotatable bonds is 7. The topological polar surface area (TPSA) is 131 Å². The van der Waals surface area contributed by atoms with Crippen LogP contribution in [0.3, 0.4) is 0 Å². The van der Waals surface area contributed by atoms with E-state index in [0.29, 0.717) is 41.1 Å². The second-order valence-corrected chi connectivity index (χ2v) is 11.6. The molecule has 0 radical (unpaired) electrons. The van der Waals surface area contributed by atoms with Crippen LogP contribution in [0, 0.1) is 0 Å². The fourth-order valence-electron chi connectivity index (χ4n) is 4.97. The van der Waals surface area contributed by atoms with Gasteiger partial charge in [0.15, 0.2) is 5.65 Å². The Morgan fingerprint density at radius 3 is 2.42 bits per heavy atom. The lowest BCUT2D eigenvalue weighted by Crippen LogP contribution is -2.27. The maximum Gasteiger partial charge on any atom is 0.243 e. The van der Waals surface area contributed by atoms with Gasteiger partial charge in [-0.1, -0.05) is 6.08 Å². The average Bonchev–Trinajstić information content (AvgIpc) is 3.62. The molecule has 0 amide bonds. The first-order valence-corrected chi connectivity index (χ1v) is 14.4. The predicted octanol–water partition coefficient (Wildman–Crippen LogP) is 4.94. The molecule has 0 bridgehead atoms. The number of nitrogens with two attached hydrogens (primary N) is 1. The van der Waals surface area contributed by atoms with Crippen LogP contribution in [0.2, 0.25) is 0 Å². The van der Waals surface area contributed by atoms with Crippen LogP contribution in [0.15, 0.2) is 65.8 Å². The fraction of sp³-hybridized carbons (Fsp3) is 0.296. The molecule has 0 atom stereocenters. The SMILES string of the molecule is Nc1ccc(Nc2cc(Nc3ccc(S(=O)(=O)N4CCCC4)cc3)n3ncc(C4=CCCCC4)c3n2)nc1. The van der Waals surface area contributed by atoms with Gasteiger partial charge < -0.3 is 16.4 Å². The van der Waals surface area contributed by atoms with Crippen molar-refractivity contribution in [3.05, 3.63) is 66.5 Å². The van der Waals surface area contributed by atoms with Gasteiger partial charge in [0.2, 0.25) is 10.0 Å². The molecule has 196 valence electrons. The van der Waals surface area contributed by atoms with E-state index in [1.807, 2.05) is 12.3 Å². The summed E-state index contributed by atoms with van der Waals surface area (Å²) in [6.07, 6.45) is 11.9. The van der Waals surface area contributed by atoms with E-state index in [2.05, 4.69) is 26.8 Å². The van der Waals surface area contributed by atoms with Gasteiger partial charge in [0.1, 0.15) is 17.5 Å². The lowest BCUT2D eigenvalue weighted by atomic mass is 9.95. The molecule has 1 aliphatic heterocycles. The molecule has 6 rings (SSSR count). The van der Waals surface area contributed by atoms with Gasteiger partial charge >= 0.3 is 0 Å². The summed E-state index contributed by atoms with van der Waals surface area (Å²) in [5.41, 5.74) is 10.1. The molecule has 3 aromatic heterocycles. The van der Waals surface area contributed by atoms with E-state index in [0.717, 1.165) is 49.0 Å². The number of hydrogen-bond acceptors (Lipinski definition) is 8. The maximum atomic E-state index is 12.9. The second kappa shape index (κ2) is 10.1. The van der Waals surface area contributed by atoms with Crippen molar-refractivity contribution in [1.29, 1.82) is 0 Å². The molecule has 38 heavy (non-hydrogen) atoms. The second-order valence-electron chi connectivity index (χ2n) is 9.66. The Morgan fingerprint density at radius 1 is 0.895 bits per heavy atom. The fourth-order valence-corrected chi connectivity index (χ4v) is 6.49. The average molecular weight is 531 g/mol. The lowest BCUT2D eigenvalue weighted by molar-refractivity contribution is 0.477. The first-order valence-electron chi connectivity index (χ1n) is 12.9. The van der Waals surface area contributed by atoms with Crippen LogP contribution in [0.25, 0.3) is 11.2 Å². The number of aromatic nitrogens is 4. The minimum Gasteiger partial charge on any atom is -0.397 e. The minimum absolute atomic E-state index is 0.298. The van der Waals surface area contributed by atoms with E-state index in [-0.39, 0.29) is 0 Å². The van der Waals surface area contributed by atoms with Gasteiger partial charge in [-0.25, -0.2) is 18.4 Å². The summed E-state index contributed by atoms with van der Waals surface area (Å²) in [5.74, 6) is 1.91. The third-order valence-electron chi connectivity index (χ3n) is 6.98. The number of nitrogens with zero attached hydrogens (tertiary/aromatic N) is 5. The highest BCUT2D eigenvalue weighted by Gasteiger charge is 2.27. The molecule has 10 nitrogen and oxygen atoms in total. The summed E-state index contributed by atoms with van der Waals surface area (Å²) in [6, 6.07) is 12.3. The molecule has 0 unspecified atom stereocenters. The van der Waals surface area contributed by atoms with Crippen molar-refractivity contribution in [3.8, 4) is 0 Å². The number of hydrogen-bond donors (Lipinski definition) is 3. The first kappa shape index (κ1) is 24.4. The summed E-state index contributed by atoms with van der Waals surface area (Å²) in [7, 11) is -3.47. The Bertz CT molecular complexity index is 1590. The van der Waals surface area contributed by atoms with Crippen molar-refractivity contribution >= 4 is 50.1 Å². The van der Waals surface area contributed by atoms with E-state index in [9.17, 15) is 8.42 Å². The van der Waals surface area contributed by atoms with Crippen LogP contribution in [-0.4, -0.2) is 45.4 Å². The molecule has 4 aromatic rings. The Balaban J connectivity index is 1.35. The van der Waals surface area contributed by atoms with Crippen molar-refractivity contribution in [2.75, 3.05) is 29.5 Å². The van der Waals surface area contributed by atoms with Crippen molar-refractivity contribution in [1.82, 2.24) is 23.9 Å². The zero-order chi connectivity index (χ0) is 26.1. The highest BCUT2D eigenvalue weighted by molar-refractivity contribution is 7.89. The highest BCUT2D eigenvalue weighted by atomic mass is 32.2. The molecular formula is C27H30N8O2S. The Hall–Kier alpha value is -3.96. The lowest BCUT2D eigenvalue weighted by Gasteiger charge is -2.16. The van der Waals surface area contributed by atoms with Crippen LogP contribution < -0.4 is 16.4 Å². The van der Waals surface area contributed by atoms with Crippen molar-refractivity contribution in [2.45, 2.75) is 43.4 Å². The van der Waals surface area contributed by atoms with E-state index in [1.165, 1.54) is 12.0 Å². The quantitative estimate of drug-likeness (QED) is 0.306. The number of sulfonamides is 1. The van der Waals surface area contributed by atoms with E-state index in [4.69, 9.17) is 10.7 Å². The summed E-state index contributed by atoms with van der Waals surface area (Å²) < 4.78 is 29.2. The number of pyridine rings is 1. The van der Waals surface area contributed by atoms with Gasteiger partial charge in [0, 0.05) is 30.4 Å². The summed E-state index contributed by atoms with van der Waals surface area (Å²) in [6.45, 7) is 1.15.